The standard InChI is InChI=1S/C18H19N5O2S/c1-12(24)22-9-7-14(8-10-22)26-18-20-16-15(17(25)21-18)11-19-23(16)13-5-3-2-4-6-13/h2-6,11,14H,7-10H2,1H3,(H,20,21,25). The normalized spacial score (nSPS) is 15.5. The van der Waals surface area contributed by atoms with Crippen molar-refractivity contribution in [2.24, 2.45) is 0 Å². The minimum absolute atomic E-state index is 0.119. The second kappa shape index (κ2) is 6.95. The van der Waals surface area contributed by atoms with E-state index in [9.17, 15) is 9.59 Å². The molecule has 0 atom stereocenters. The van der Waals surface area contributed by atoms with Gasteiger partial charge in [0.2, 0.25) is 5.91 Å². The third-order valence-corrected chi connectivity index (χ3v) is 5.80. The Morgan fingerprint density at radius 2 is 1.96 bits per heavy atom. The van der Waals surface area contributed by atoms with E-state index in [4.69, 9.17) is 0 Å². The van der Waals surface area contributed by atoms with Crippen LogP contribution in [0.1, 0.15) is 19.8 Å². The number of benzene rings is 1. The Labute approximate surface area is 154 Å². The third kappa shape index (κ3) is 3.24. The maximum Gasteiger partial charge on any atom is 0.262 e. The Balaban J connectivity index is 1.61. The van der Waals surface area contributed by atoms with Crippen LogP contribution in [-0.4, -0.2) is 48.9 Å². The number of H-pyrrole nitrogens is 1. The number of nitrogens with one attached hydrogen (secondary N) is 1. The molecule has 0 unspecified atom stereocenters. The van der Waals surface area contributed by atoms with Gasteiger partial charge in [-0.25, -0.2) is 9.67 Å². The van der Waals surface area contributed by atoms with Gasteiger partial charge in [0.25, 0.3) is 5.56 Å². The third-order valence-electron chi connectivity index (χ3n) is 4.58. The Morgan fingerprint density at radius 1 is 1.23 bits per heavy atom. The Morgan fingerprint density at radius 3 is 2.65 bits per heavy atom. The van der Waals surface area contributed by atoms with Gasteiger partial charge in [0, 0.05) is 25.3 Å². The first-order valence-electron chi connectivity index (χ1n) is 8.57. The van der Waals surface area contributed by atoms with Crippen LogP contribution in [0.5, 0.6) is 0 Å². The summed E-state index contributed by atoms with van der Waals surface area (Å²) >= 11 is 1.57. The van der Waals surface area contributed by atoms with Crippen LogP contribution in [0.2, 0.25) is 0 Å². The van der Waals surface area contributed by atoms with Crippen LogP contribution in [-0.2, 0) is 4.79 Å². The number of hydrogen-bond donors (Lipinski definition) is 1. The summed E-state index contributed by atoms with van der Waals surface area (Å²) in [5.74, 6) is 0.119. The molecule has 0 bridgehead atoms. The van der Waals surface area contributed by atoms with Crippen LogP contribution in [0.3, 0.4) is 0 Å². The van der Waals surface area contributed by atoms with Crippen molar-refractivity contribution in [2.45, 2.75) is 30.2 Å². The molecule has 4 rings (SSSR count). The fraction of sp³-hybridized carbons (Fsp3) is 0.333. The van der Waals surface area contributed by atoms with E-state index < -0.39 is 0 Å². The molecule has 7 nitrogen and oxygen atoms in total. The molecule has 1 amide bonds. The number of thioether (sulfide) groups is 1. The molecule has 2 aromatic heterocycles. The van der Waals surface area contributed by atoms with Crippen LogP contribution in [0, 0.1) is 0 Å². The summed E-state index contributed by atoms with van der Waals surface area (Å²) in [5, 5.41) is 5.73. The van der Waals surface area contributed by atoms with E-state index in [1.165, 1.54) is 0 Å². The van der Waals surface area contributed by atoms with E-state index in [1.807, 2.05) is 35.2 Å². The number of piperidine rings is 1. The second-order valence-electron chi connectivity index (χ2n) is 6.32. The molecular formula is C18H19N5O2S. The summed E-state index contributed by atoms with van der Waals surface area (Å²) in [6.07, 6.45) is 3.34. The highest BCUT2D eigenvalue weighted by Crippen LogP contribution is 2.28. The molecule has 26 heavy (non-hydrogen) atoms. The molecule has 1 aromatic carbocycles. The Bertz CT molecular complexity index is 990. The molecule has 0 spiro atoms. The van der Waals surface area contributed by atoms with E-state index in [1.54, 1.807) is 29.6 Å². The lowest BCUT2D eigenvalue weighted by molar-refractivity contribution is -0.129. The predicted molar refractivity (Wildman–Crippen MR) is 101 cm³/mol. The van der Waals surface area contributed by atoms with Crippen molar-refractivity contribution in [3.05, 3.63) is 46.9 Å². The monoisotopic (exact) mass is 369 g/mol. The van der Waals surface area contributed by atoms with Gasteiger partial charge in [0.05, 0.1) is 11.9 Å². The van der Waals surface area contributed by atoms with Crippen LogP contribution < -0.4 is 5.56 Å². The van der Waals surface area contributed by atoms with Gasteiger partial charge in [-0.05, 0) is 25.0 Å². The van der Waals surface area contributed by atoms with E-state index in [0.717, 1.165) is 31.6 Å². The molecular weight excluding hydrogens is 350 g/mol. The van der Waals surface area contributed by atoms with E-state index in [0.29, 0.717) is 21.4 Å². The fourth-order valence-corrected chi connectivity index (χ4v) is 4.21. The smallest absolute Gasteiger partial charge is 0.262 e. The quantitative estimate of drug-likeness (QED) is 0.716. The number of aromatic amines is 1. The highest BCUT2D eigenvalue weighted by Gasteiger charge is 2.23. The van der Waals surface area contributed by atoms with Crippen molar-refractivity contribution >= 4 is 28.7 Å². The zero-order chi connectivity index (χ0) is 18.1. The minimum Gasteiger partial charge on any atom is -0.343 e. The van der Waals surface area contributed by atoms with E-state index in [2.05, 4.69) is 15.1 Å². The van der Waals surface area contributed by atoms with Crippen LogP contribution in [0.15, 0.2) is 46.5 Å². The molecule has 1 fully saturated rings. The van der Waals surface area contributed by atoms with Gasteiger partial charge >= 0.3 is 0 Å². The molecule has 1 saturated heterocycles. The average molecular weight is 369 g/mol. The average Bonchev–Trinajstić information content (AvgIpc) is 3.07. The Kier molecular flexibility index (Phi) is 4.50. The lowest BCUT2D eigenvalue weighted by Gasteiger charge is -2.30. The number of rotatable bonds is 3. The molecule has 1 aliphatic heterocycles. The number of hydrogen-bond acceptors (Lipinski definition) is 5. The molecule has 1 N–H and O–H groups in total. The highest BCUT2D eigenvalue weighted by molar-refractivity contribution is 7.99. The fourth-order valence-electron chi connectivity index (χ4n) is 3.16. The zero-order valence-corrected chi connectivity index (χ0v) is 15.2. The zero-order valence-electron chi connectivity index (χ0n) is 14.4. The summed E-state index contributed by atoms with van der Waals surface area (Å²) in [6, 6.07) is 9.65. The summed E-state index contributed by atoms with van der Waals surface area (Å²) in [4.78, 5) is 33.2. The van der Waals surface area contributed by atoms with Gasteiger partial charge in [-0.15, -0.1) is 0 Å². The van der Waals surface area contributed by atoms with Gasteiger partial charge in [-0.3, -0.25) is 9.59 Å². The summed E-state index contributed by atoms with van der Waals surface area (Å²) in [5.41, 5.74) is 1.25. The number of aromatic nitrogens is 4. The number of likely N-dealkylation sites (tertiary alicyclic amines) is 1. The van der Waals surface area contributed by atoms with Gasteiger partial charge in [0.15, 0.2) is 10.8 Å². The molecule has 0 saturated carbocycles. The van der Waals surface area contributed by atoms with Crippen molar-refractivity contribution in [3.63, 3.8) is 0 Å². The molecule has 134 valence electrons. The largest absolute Gasteiger partial charge is 0.343 e. The number of fused-ring (bicyclic) bond motifs is 1. The van der Waals surface area contributed by atoms with Crippen LogP contribution in [0.4, 0.5) is 0 Å². The maximum absolute atomic E-state index is 12.4. The molecule has 0 aliphatic carbocycles. The first-order chi connectivity index (χ1) is 12.6. The van der Waals surface area contributed by atoms with Crippen molar-refractivity contribution in [3.8, 4) is 5.69 Å². The number of carbonyl (C=O) groups excluding carboxylic acids is 1. The number of para-hydroxylation sites is 1. The number of amides is 1. The van der Waals surface area contributed by atoms with E-state index >= 15 is 0 Å². The van der Waals surface area contributed by atoms with Crippen molar-refractivity contribution in [1.29, 1.82) is 0 Å². The van der Waals surface area contributed by atoms with Crippen LogP contribution >= 0.6 is 11.8 Å². The van der Waals surface area contributed by atoms with Gasteiger partial charge in [0.1, 0.15) is 5.39 Å². The molecule has 8 heteroatoms. The van der Waals surface area contributed by atoms with Gasteiger partial charge in [-0.2, -0.15) is 5.10 Å². The van der Waals surface area contributed by atoms with Gasteiger partial charge < -0.3 is 9.88 Å². The number of carbonyl (C=O) groups is 1. The van der Waals surface area contributed by atoms with E-state index in [-0.39, 0.29) is 11.5 Å². The Hall–Kier alpha value is -2.61. The summed E-state index contributed by atoms with van der Waals surface area (Å²) < 4.78 is 1.69. The molecule has 0 radical (unpaired) electrons. The maximum atomic E-state index is 12.4. The SMILES string of the molecule is CC(=O)N1CCC(Sc2nc3c(cnn3-c3ccccc3)c(=O)[nH]2)CC1. The predicted octanol–water partition coefficient (Wildman–Crippen LogP) is 2.21. The number of nitrogens with zero attached hydrogens (tertiary/aromatic N) is 4. The van der Waals surface area contributed by atoms with Crippen molar-refractivity contribution in [2.75, 3.05) is 13.1 Å². The highest BCUT2D eigenvalue weighted by atomic mass is 32.2. The van der Waals surface area contributed by atoms with Crippen molar-refractivity contribution in [1.82, 2.24) is 24.6 Å². The first-order valence-corrected chi connectivity index (χ1v) is 9.45. The minimum atomic E-state index is -0.180. The molecule has 3 heterocycles. The lowest BCUT2D eigenvalue weighted by atomic mass is 10.1. The van der Waals surface area contributed by atoms with Crippen LogP contribution in [0.25, 0.3) is 16.7 Å². The topological polar surface area (TPSA) is 83.9 Å². The lowest BCUT2D eigenvalue weighted by Crippen LogP contribution is -2.37. The molecule has 3 aromatic rings. The van der Waals surface area contributed by atoms with Crippen molar-refractivity contribution < 1.29 is 4.79 Å². The summed E-state index contributed by atoms with van der Waals surface area (Å²) in [7, 11) is 0. The first kappa shape index (κ1) is 16.8. The second-order valence-corrected chi connectivity index (χ2v) is 7.61. The van der Waals surface area contributed by atoms with Gasteiger partial charge in [-0.1, -0.05) is 30.0 Å². The molecule has 1 aliphatic rings. The summed E-state index contributed by atoms with van der Waals surface area (Å²) in [6.45, 7) is 3.11.